The first-order valence-electron chi connectivity index (χ1n) is 8.62. The normalized spacial score (nSPS) is 26.9. The first-order valence-corrected chi connectivity index (χ1v) is 8.62. The van der Waals surface area contributed by atoms with Crippen LogP contribution in [0.25, 0.3) is 0 Å². The maximum atomic E-state index is 14.1. The second kappa shape index (κ2) is 6.59. The van der Waals surface area contributed by atoms with Crippen molar-refractivity contribution in [1.29, 1.82) is 0 Å². The highest BCUT2D eigenvalue weighted by Gasteiger charge is 2.48. The summed E-state index contributed by atoms with van der Waals surface area (Å²) in [6.07, 6.45) is 6.40. The number of carbonyl (C=O) groups is 1. The average molecular weight is 366 g/mol. The Kier molecular flexibility index (Phi) is 4.24. The van der Waals surface area contributed by atoms with Gasteiger partial charge in [0, 0.05) is 25.6 Å². The maximum Gasteiger partial charge on any atom is 0.255 e. The number of carbonyl (C=O) groups excluding carboxylic acids is 1. The minimum absolute atomic E-state index is 0.110. The molecule has 1 aliphatic carbocycles. The molecule has 1 aromatic heterocycles. The highest BCUT2D eigenvalue weighted by molar-refractivity contribution is 5.96. The summed E-state index contributed by atoms with van der Waals surface area (Å²) in [7, 11) is 1.56. The number of hydrogen-bond acceptors (Lipinski definition) is 5. The predicted molar refractivity (Wildman–Crippen MR) is 98.7 cm³/mol. The lowest BCUT2D eigenvalue weighted by Gasteiger charge is -2.45. The molecule has 2 aliphatic rings. The summed E-state index contributed by atoms with van der Waals surface area (Å²) in [6.45, 7) is 0. The third kappa shape index (κ3) is 2.90. The molecule has 0 saturated carbocycles. The van der Waals surface area contributed by atoms with Crippen LogP contribution >= 0.6 is 0 Å². The van der Waals surface area contributed by atoms with Gasteiger partial charge in [-0.3, -0.25) is 4.79 Å². The zero-order valence-electron chi connectivity index (χ0n) is 14.7. The summed E-state index contributed by atoms with van der Waals surface area (Å²) in [5.41, 5.74) is 6.57. The number of aromatic nitrogens is 2. The quantitative estimate of drug-likeness (QED) is 0.870. The van der Waals surface area contributed by atoms with E-state index in [9.17, 15) is 9.18 Å². The smallest absolute Gasteiger partial charge is 0.255 e. The van der Waals surface area contributed by atoms with Crippen molar-refractivity contribution < 1.29 is 13.9 Å². The molecule has 1 aromatic carbocycles. The number of nitrogens with zero attached hydrogens (tertiary/aromatic N) is 2. The number of halogens is 1. The van der Waals surface area contributed by atoms with Gasteiger partial charge in [-0.15, -0.1) is 0 Å². The van der Waals surface area contributed by atoms with Crippen LogP contribution in [0.4, 0.5) is 10.3 Å². The molecule has 0 bridgehead atoms. The van der Waals surface area contributed by atoms with Crippen LogP contribution in [0.3, 0.4) is 0 Å². The Hall–Kier alpha value is -3.06. The van der Waals surface area contributed by atoms with Gasteiger partial charge in [-0.05, 0) is 23.8 Å². The molecular formula is C20H19FN4O2. The van der Waals surface area contributed by atoms with E-state index in [-0.39, 0.29) is 17.7 Å². The number of nitrogen functional groups attached to an aromatic ring is 1. The molecule has 2 heterocycles. The van der Waals surface area contributed by atoms with E-state index in [4.69, 9.17) is 10.5 Å². The largest absolute Gasteiger partial charge is 0.371 e. The maximum absolute atomic E-state index is 14.1. The van der Waals surface area contributed by atoms with E-state index >= 15 is 0 Å². The lowest BCUT2D eigenvalue weighted by Crippen LogP contribution is -2.59. The molecular weight excluding hydrogens is 347 g/mol. The molecule has 27 heavy (non-hydrogen) atoms. The molecule has 3 unspecified atom stereocenters. The van der Waals surface area contributed by atoms with E-state index in [1.54, 1.807) is 13.2 Å². The Morgan fingerprint density at radius 3 is 2.85 bits per heavy atom. The summed E-state index contributed by atoms with van der Waals surface area (Å²) >= 11 is 0. The van der Waals surface area contributed by atoms with E-state index in [0.717, 1.165) is 5.56 Å². The summed E-state index contributed by atoms with van der Waals surface area (Å²) in [5, 5.41) is 2.98. The number of ether oxygens (including phenoxy) is 1. The molecule has 138 valence electrons. The number of allylic oxidation sites excluding steroid dienone is 2. The lowest BCUT2D eigenvalue weighted by molar-refractivity contribution is -0.0143. The third-order valence-corrected chi connectivity index (χ3v) is 5.21. The Balaban J connectivity index is 1.79. The van der Waals surface area contributed by atoms with Crippen LogP contribution < -0.4 is 11.1 Å². The fraction of sp³-hybridized carbons (Fsp3) is 0.250. The molecule has 0 fully saturated rings. The average Bonchev–Trinajstić information content (AvgIpc) is 2.68. The summed E-state index contributed by atoms with van der Waals surface area (Å²) in [4.78, 5) is 20.7. The van der Waals surface area contributed by atoms with Gasteiger partial charge in [0.1, 0.15) is 11.4 Å². The molecule has 1 aliphatic heterocycles. The Morgan fingerprint density at radius 1 is 1.33 bits per heavy atom. The minimum atomic E-state index is -0.968. The van der Waals surface area contributed by atoms with E-state index in [1.807, 2.05) is 30.3 Å². The third-order valence-electron chi connectivity index (χ3n) is 5.21. The fourth-order valence-electron chi connectivity index (χ4n) is 3.88. The van der Waals surface area contributed by atoms with Gasteiger partial charge in [0.05, 0.1) is 17.3 Å². The first-order chi connectivity index (χ1) is 13.0. The van der Waals surface area contributed by atoms with Crippen molar-refractivity contribution in [3.63, 3.8) is 0 Å². The van der Waals surface area contributed by atoms with Crippen LogP contribution in [0.2, 0.25) is 0 Å². The van der Waals surface area contributed by atoms with E-state index in [0.29, 0.717) is 17.7 Å². The topological polar surface area (TPSA) is 90.1 Å². The number of anilines is 1. The molecule has 3 N–H and O–H groups in total. The molecule has 7 heteroatoms. The number of nitrogens with one attached hydrogen (secondary N) is 1. The van der Waals surface area contributed by atoms with Crippen molar-refractivity contribution >= 4 is 11.9 Å². The van der Waals surface area contributed by atoms with Crippen molar-refractivity contribution in [3.8, 4) is 0 Å². The van der Waals surface area contributed by atoms with Crippen molar-refractivity contribution in [1.82, 2.24) is 15.3 Å². The zero-order chi connectivity index (χ0) is 19.0. The second-order valence-electron chi connectivity index (χ2n) is 6.65. The monoisotopic (exact) mass is 366 g/mol. The number of methoxy groups -OCH3 is 1. The van der Waals surface area contributed by atoms with Gasteiger partial charge in [-0.1, -0.05) is 30.3 Å². The number of rotatable bonds is 3. The summed E-state index contributed by atoms with van der Waals surface area (Å²) < 4.78 is 20.1. The molecule has 4 rings (SSSR count). The van der Waals surface area contributed by atoms with Gasteiger partial charge in [-0.2, -0.15) is 0 Å². The lowest BCUT2D eigenvalue weighted by atomic mass is 9.72. The highest BCUT2D eigenvalue weighted by atomic mass is 19.1. The van der Waals surface area contributed by atoms with Gasteiger partial charge >= 0.3 is 0 Å². The van der Waals surface area contributed by atoms with Gasteiger partial charge in [-0.25, -0.2) is 14.4 Å². The second-order valence-corrected chi connectivity index (χ2v) is 6.65. The summed E-state index contributed by atoms with van der Waals surface area (Å²) in [6, 6.07) is 9.06. The SMILES string of the molecule is COC1(C2Cc3nc(N)ncc3C(=O)N2)C=CC(F)=CC1c1ccccc1. The number of nitrogens with two attached hydrogens (primary N) is 1. The van der Waals surface area contributed by atoms with Crippen LogP contribution in [0.5, 0.6) is 0 Å². The number of amides is 1. The van der Waals surface area contributed by atoms with Gasteiger partial charge < -0.3 is 15.8 Å². The van der Waals surface area contributed by atoms with Crippen LogP contribution in [-0.4, -0.2) is 34.6 Å². The number of fused-ring (bicyclic) bond motifs is 1. The van der Waals surface area contributed by atoms with Crippen LogP contribution in [-0.2, 0) is 11.2 Å². The van der Waals surface area contributed by atoms with E-state index < -0.39 is 17.6 Å². The molecule has 1 amide bonds. The van der Waals surface area contributed by atoms with Gasteiger partial charge in [0.15, 0.2) is 0 Å². The fourth-order valence-corrected chi connectivity index (χ4v) is 3.88. The van der Waals surface area contributed by atoms with Gasteiger partial charge in [0.25, 0.3) is 5.91 Å². The zero-order valence-corrected chi connectivity index (χ0v) is 14.7. The molecule has 3 atom stereocenters. The molecule has 6 nitrogen and oxygen atoms in total. The Bertz CT molecular complexity index is 944. The first kappa shape index (κ1) is 17.4. The van der Waals surface area contributed by atoms with Crippen LogP contribution in [0.15, 0.2) is 60.6 Å². The Labute approximate surface area is 156 Å². The number of hydrogen-bond donors (Lipinski definition) is 2. The van der Waals surface area contributed by atoms with Crippen molar-refractivity contribution in [2.24, 2.45) is 0 Å². The predicted octanol–water partition coefficient (Wildman–Crippen LogP) is 2.31. The molecule has 0 saturated heterocycles. The van der Waals surface area contributed by atoms with Crippen molar-refractivity contribution in [2.75, 3.05) is 12.8 Å². The van der Waals surface area contributed by atoms with Crippen molar-refractivity contribution in [2.45, 2.75) is 24.0 Å². The molecule has 0 spiro atoms. The number of benzene rings is 1. The van der Waals surface area contributed by atoms with Crippen LogP contribution in [0.1, 0.15) is 27.5 Å². The molecule has 2 aromatic rings. The standard InChI is InChI=1S/C20H19FN4O2/c1-27-20(8-7-13(21)9-15(20)12-5-3-2-4-6-12)17-10-16-14(18(26)25-17)11-23-19(22)24-16/h2-9,11,15,17H,10H2,1H3,(H,25,26)(H2,22,23,24). The Morgan fingerprint density at radius 2 is 2.11 bits per heavy atom. The van der Waals surface area contributed by atoms with E-state index in [1.165, 1.54) is 18.3 Å². The van der Waals surface area contributed by atoms with Gasteiger partial charge in [0.2, 0.25) is 5.95 Å². The highest BCUT2D eigenvalue weighted by Crippen LogP contribution is 2.42. The summed E-state index contributed by atoms with van der Waals surface area (Å²) in [5.74, 6) is -0.948. The minimum Gasteiger partial charge on any atom is -0.371 e. The van der Waals surface area contributed by atoms with Crippen molar-refractivity contribution in [3.05, 3.63) is 77.4 Å². The van der Waals surface area contributed by atoms with Crippen LogP contribution in [0, 0.1) is 0 Å². The van der Waals surface area contributed by atoms with E-state index in [2.05, 4.69) is 15.3 Å². The molecule has 0 radical (unpaired) electrons.